The fourth-order valence-electron chi connectivity index (χ4n) is 1.35. The van der Waals surface area contributed by atoms with Gasteiger partial charge in [-0.2, -0.15) is 0 Å². The fourth-order valence-corrected chi connectivity index (χ4v) is 1.79. The molecule has 1 aromatic carbocycles. The highest BCUT2D eigenvalue weighted by Gasteiger charge is 2.04. The molecular formula is C12H15BrO. The smallest absolute Gasteiger partial charge is 0.0583 e. The maximum Gasteiger partial charge on any atom is 0.0583 e. The molecular weight excluding hydrogens is 240 g/mol. The van der Waals surface area contributed by atoms with Gasteiger partial charge in [-0.15, -0.1) is 6.58 Å². The van der Waals surface area contributed by atoms with Crippen molar-refractivity contribution in [1.29, 1.82) is 0 Å². The van der Waals surface area contributed by atoms with Crippen molar-refractivity contribution in [2.75, 3.05) is 0 Å². The lowest BCUT2D eigenvalue weighted by Crippen LogP contribution is -2.09. The second-order valence-electron chi connectivity index (χ2n) is 3.35. The summed E-state index contributed by atoms with van der Waals surface area (Å²) in [5.41, 5.74) is 1.16. The van der Waals surface area contributed by atoms with E-state index in [2.05, 4.69) is 22.5 Å². The quantitative estimate of drug-likeness (QED) is 0.800. The number of hydrogen-bond acceptors (Lipinski definition) is 1. The van der Waals surface area contributed by atoms with Crippen LogP contribution in [0.3, 0.4) is 0 Å². The Hall–Kier alpha value is -0.600. The monoisotopic (exact) mass is 254 g/mol. The van der Waals surface area contributed by atoms with E-state index in [1.807, 2.05) is 30.3 Å². The highest BCUT2D eigenvalue weighted by molar-refractivity contribution is 9.10. The Labute approximate surface area is 93.6 Å². The predicted molar refractivity (Wildman–Crippen MR) is 63.3 cm³/mol. The molecule has 1 atom stereocenters. The molecule has 1 nitrogen and oxygen atoms in total. The third-order valence-electron chi connectivity index (χ3n) is 2.06. The molecule has 14 heavy (non-hydrogen) atoms. The number of halogens is 1. The second kappa shape index (κ2) is 5.99. The van der Waals surface area contributed by atoms with Crippen LogP contribution in [0.1, 0.15) is 18.4 Å². The Morgan fingerprint density at radius 1 is 1.50 bits per heavy atom. The number of allylic oxidation sites excluding steroid dienone is 1. The topological polar surface area (TPSA) is 20.2 Å². The lowest BCUT2D eigenvalue weighted by Gasteiger charge is -2.09. The summed E-state index contributed by atoms with van der Waals surface area (Å²) in [5.74, 6) is 0. The molecule has 0 aliphatic rings. The van der Waals surface area contributed by atoms with Gasteiger partial charge in [0.25, 0.3) is 0 Å². The van der Waals surface area contributed by atoms with E-state index in [-0.39, 0.29) is 6.10 Å². The zero-order valence-electron chi connectivity index (χ0n) is 8.12. The van der Waals surface area contributed by atoms with Gasteiger partial charge in [0, 0.05) is 4.47 Å². The van der Waals surface area contributed by atoms with Crippen LogP contribution in [0.5, 0.6) is 0 Å². The van der Waals surface area contributed by atoms with Gasteiger partial charge in [-0.1, -0.05) is 34.1 Å². The van der Waals surface area contributed by atoms with E-state index in [4.69, 9.17) is 0 Å². The highest BCUT2D eigenvalue weighted by atomic mass is 79.9. The third kappa shape index (κ3) is 4.07. The second-order valence-corrected chi connectivity index (χ2v) is 4.27. The van der Waals surface area contributed by atoms with Gasteiger partial charge in [-0.3, -0.25) is 0 Å². The van der Waals surface area contributed by atoms with E-state index in [1.54, 1.807) is 0 Å². The minimum atomic E-state index is -0.262. The summed E-state index contributed by atoms with van der Waals surface area (Å²) >= 11 is 3.41. The summed E-state index contributed by atoms with van der Waals surface area (Å²) in [4.78, 5) is 0. The summed E-state index contributed by atoms with van der Waals surface area (Å²) in [6.07, 6.45) is 3.95. The van der Waals surface area contributed by atoms with Crippen molar-refractivity contribution in [2.24, 2.45) is 0 Å². The van der Waals surface area contributed by atoms with Gasteiger partial charge in [0.05, 0.1) is 6.10 Å². The summed E-state index contributed by atoms with van der Waals surface area (Å²) in [6.45, 7) is 3.64. The van der Waals surface area contributed by atoms with E-state index in [1.165, 1.54) is 0 Å². The normalized spacial score (nSPS) is 12.4. The minimum Gasteiger partial charge on any atom is -0.393 e. The molecule has 1 aromatic rings. The average molecular weight is 255 g/mol. The van der Waals surface area contributed by atoms with E-state index in [9.17, 15) is 5.11 Å². The molecule has 1 N–H and O–H groups in total. The Morgan fingerprint density at radius 2 is 2.29 bits per heavy atom. The lowest BCUT2D eigenvalue weighted by molar-refractivity contribution is 0.166. The van der Waals surface area contributed by atoms with Crippen LogP contribution >= 0.6 is 15.9 Å². The number of hydrogen-bond donors (Lipinski definition) is 1. The molecule has 0 heterocycles. The van der Waals surface area contributed by atoms with Crippen molar-refractivity contribution in [3.05, 3.63) is 47.0 Å². The molecule has 0 aliphatic carbocycles. The third-order valence-corrected chi connectivity index (χ3v) is 2.56. The molecule has 0 radical (unpaired) electrons. The van der Waals surface area contributed by atoms with Crippen LogP contribution in [0.4, 0.5) is 0 Å². The molecule has 0 bridgehead atoms. The van der Waals surface area contributed by atoms with Crippen molar-refractivity contribution in [2.45, 2.75) is 25.4 Å². The van der Waals surface area contributed by atoms with Crippen LogP contribution in [0.25, 0.3) is 0 Å². The van der Waals surface area contributed by atoms with Gasteiger partial charge in [0.15, 0.2) is 0 Å². The number of aliphatic hydroxyl groups excluding tert-OH is 1. The van der Waals surface area contributed by atoms with Gasteiger partial charge >= 0.3 is 0 Å². The standard InChI is InChI=1S/C12H15BrO/c1-2-3-7-12(14)9-10-5-4-6-11(13)8-10/h2,4-6,8,12,14H,1,3,7,9H2. The highest BCUT2D eigenvalue weighted by Crippen LogP contribution is 2.14. The maximum atomic E-state index is 9.66. The molecule has 1 rings (SSSR count). The molecule has 0 spiro atoms. The Balaban J connectivity index is 2.47. The van der Waals surface area contributed by atoms with Crippen molar-refractivity contribution >= 4 is 15.9 Å². The van der Waals surface area contributed by atoms with Crippen LogP contribution in [-0.4, -0.2) is 11.2 Å². The summed E-state index contributed by atoms with van der Waals surface area (Å²) in [5, 5.41) is 9.66. The van der Waals surface area contributed by atoms with Crippen LogP contribution < -0.4 is 0 Å². The van der Waals surface area contributed by atoms with E-state index in [0.717, 1.165) is 22.9 Å². The van der Waals surface area contributed by atoms with Gasteiger partial charge in [-0.05, 0) is 37.0 Å². The number of benzene rings is 1. The fraction of sp³-hybridized carbons (Fsp3) is 0.333. The molecule has 76 valence electrons. The van der Waals surface area contributed by atoms with Gasteiger partial charge in [0.2, 0.25) is 0 Å². The molecule has 2 heteroatoms. The minimum absolute atomic E-state index is 0.262. The van der Waals surface area contributed by atoms with E-state index in [0.29, 0.717) is 6.42 Å². The number of rotatable bonds is 5. The SMILES string of the molecule is C=CCCC(O)Cc1cccc(Br)c1. The van der Waals surface area contributed by atoms with Crippen molar-refractivity contribution in [1.82, 2.24) is 0 Å². The van der Waals surface area contributed by atoms with Crippen molar-refractivity contribution < 1.29 is 5.11 Å². The van der Waals surface area contributed by atoms with Gasteiger partial charge < -0.3 is 5.11 Å². The average Bonchev–Trinajstić information content (AvgIpc) is 2.15. The van der Waals surface area contributed by atoms with Crippen molar-refractivity contribution in [3.63, 3.8) is 0 Å². The molecule has 0 aromatic heterocycles. The molecule has 0 saturated carbocycles. The van der Waals surface area contributed by atoms with E-state index >= 15 is 0 Å². The number of aliphatic hydroxyl groups is 1. The zero-order valence-corrected chi connectivity index (χ0v) is 9.70. The zero-order chi connectivity index (χ0) is 10.4. The summed E-state index contributed by atoms with van der Waals surface area (Å²) in [7, 11) is 0. The molecule has 0 saturated heterocycles. The summed E-state index contributed by atoms with van der Waals surface area (Å²) in [6, 6.07) is 8.04. The maximum absolute atomic E-state index is 9.66. The first-order chi connectivity index (χ1) is 6.72. The summed E-state index contributed by atoms with van der Waals surface area (Å²) < 4.78 is 1.06. The van der Waals surface area contributed by atoms with Crippen LogP contribution in [0, 0.1) is 0 Å². The van der Waals surface area contributed by atoms with Gasteiger partial charge in [0.1, 0.15) is 0 Å². The first-order valence-corrected chi connectivity index (χ1v) is 5.55. The van der Waals surface area contributed by atoms with E-state index < -0.39 is 0 Å². The first-order valence-electron chi connectivity index (χ1n) is 4.76. The Morgan fingerprint density at radius 3 is 2.93 bits per heavy atom. The van der Waals surface area contributed by atoms with Crippen molar-refractivity contribution in [3.8, 4) is 0 Å². The molecule has 0 amide bonds. The molecule has 1 unspecified atom stereocenters. The Kier molecular flexibility index (Phi) is 4.91. The van der Waals surface area contributed by atoms with Crippen LogP contribution in [-0.2, 0) is 6.42 Å². The predicted octanol–water partition coefficient (Wildman–Crippen LogP) is 3.32. The largest absolute Gasteiger partial charge is 0.393 e. The van der Waals surface area contributed by atoms with Gasteiger partial charge in [-0.25, -0.2) is 0 Å². The molecule has 0 fully saturated rings. The molecule has 0 aliphatic heterocycles. The Bertz CT molecular complexity index is 296. The van der Waals surface area contributed by atoms with Crippen LogP contribution in [0.15, 0.2) is 41.4 Å². The first kappa shape index (κ1) is 11.5. The lowest BCUT2D eigenvalue weighted by atomic mass is 10.0. The van der Waals surface area contributed by atoms with Crippen LogP contribution in [0.2, 0.25) is 0 Å².